The van der Waals surface area contributed by atoms with Gasteiger partial charge in [-0.05, 0) is 0 Å². The number of rotatable bonds is 0. The highest BCUT2D eigenvalue weighted by molar-refractivity contribution is 8.37. The highest BCUT2D eigenvalue weighted by atomic mass is 32.2. The van der Waals surface area contributed by atoms with Gasteiger partial charge in [0.15, 0.2) is 0 Å². The molecule has 0 aromatic heterocycles. The normalized spacial score (nSPS) is 23.2. The van der Waals surface area contributed by atoms with Crippen molar-refractivity contribution in [3.63, 3.8) is 0 Å². The lowest BCUT2D eigenvalue weighted by Gasteiger charge is -1.88. The quantitative estimate of drug-likeness (QED) is 0.411. The molecule has 6 heavy (non-hydrogen) atoms. The van der Waals surface area contributed by atoms with Gasteiger partial charge < -0.3 is 0 Å². The minimum atomic E-state index is -0.548. The number of hydrogen-bond donors (Lipinski definition) is 2. The van der Waals surface area contributed by atoms with E-state index in [9.17, 15) is 0 Å². The van der Waals surface area contributed by atoms with Crippen molar-refractivity contribution in [1.82, 2.24) is 0 Å². The second-order valence-electron chi connectivity index (χ2n) is 0.909. The maximum Gasteiger partial charge on any atom is 0.0798 e. The lowest BCUT2D eigenvalue weighted by molar-refractivity contribution is 1.29. The summed E-state index contributed by atoms with van der Waals surface area (Å²) in [5, 5.41) is 12.3. The Bertz CT molecular complexity index is 85.0. The molecule has 4 heteroatoms. The van der Waals surface area contributed by atoms with E-state index in [1.165, 1.54) is 0 Å². The molecule has 0 aromatic rings. The highest BCUT2D eigenvalue weighted by Crippen LogP contribution is 2.08. The molecule has 1 aliphatic rings. The molecule has 0 radical (unpaired) electrons. The van der Waals surface area contributed by atoms with E-state index in [0.29, 0.717) is 0 Å². The number of thiol groups is 1. The van der Waals surface area contributed by atoms with Crippen LogP contribution in [0, 0.1) is 0 Å². The zero-order valence-electron chi connectivity index (χ0n) is 3.07. The lowest BCUT2D eigenvalue weighted by Crippen LogP contribution is -1.89. The van der Waals surface area contributed by atoms with Crippen LogP contribution in [0.25, 0.3) is 0 Å². The van der Waals surface area contributed by atoms with Gasteiger partial charge in [0.1, 0.15) is 0 Å². The van der Waals surface area contributed by atoms with Crippen molar-refractivity contribution in [3.8, 4) is 0 Å². The van der Waals surface area contributed by atoms with E-state index in [4.69, 9.17) is 5.14 Å². The van der Waals surface area contributed by atoms with Gasteiger partial charge in [-0.1, -0.05) is 0 Å². The summed E-state index contributed by atoms with van der Waals surface area (Å²) in [5.41, 5.74) is 3.30. The average molecular weight is 103 g/mol. The van der Waals surface area contributed by atoms with E-state index in [1.54, 1.807) is 11.1 Å². The van der Waals surface area contributed by atoms with Crippen LogP contribution >= 0.6 is 11.1 Å². The Morgan fingerprint density at radius 2 is 1.83 bits per heavy atom. The van der Waals surface area contributed by atoms with Gasteiger partial charge in [0.25, 0.3) is 0 Å². The summed E-state index contributed by atoms with van der Waals surface area (Å²) >= 11 is -0.548. The predicted molar refractivity (Wildman–Crippen MR) is 30.2 cm³/mol. The Labute approximate surface area is 38.4 Å². The van der Waals surface area contributed by atoms with Crippen LogP contribution in [0.15, 0.2) is 10.2 Å². The average Bonchev–Trinajstić information content (AvgIpc) is 1.86. The minimum absolute atomic E-state index is 0.548. The Morgan fingerprint density at radius 3 is 2.00 bits per heavy atom. The van der Waals surface area contributed by atoms with Gasteiger partial charge >= 0.3 is 0 Å². The molecule has 0 saturated heterocycles. The second kappa shape index (κ2) is 1.40. The molecule has 0 fully saturated rings. The summed E-state index contributed by atoms with van der Waals surface area (Å²) in [6, 6.07) is 0. The van der Waals surface area contributed by atoms with Gasteiger partial charge in [-0.3, -0.25) is 5.14 Å². The third-order valence-corrected chi connectivity index (χ3v) is 1.18. The third kappa shape index (κ3) is 0.580. The van der Waals surface area contributed by atoms with Crippen LogP contribution in [-0.4, -0.2) is 11.1 Å². The molecule has 0 atom stereocenters. The molecule has 1 aliphatic heterocycles. The molecule has 0 aromatic carbocycles. The van der Waals surface area contributed by atoms with E-state index in [0.717, 1.165) is 0 Å². The maximum absolute atomic E-state index is 5.30. The molecule has 1 rings (SSSR count). The molecule has 1 heterocycles. The number of nitrogens with two attached hydrogens (primary N) is 1. The first-order valence-electron chi connectivity index (χ1n) is 1.49. The topological polar surface area (TPSA) is 50.7 Å². The Hall–Kier alpha value is -0.350. The molecule has 3 nitrogen and oxygen atoms in total. The zero-order valence-corrected chi connectivity index (χ0v) is 3.97. The van der Waals surface area contributed by atoms with Gasteiger partial charge in [-0.2, -0.15) is 10.2 Å². The van der Waals surface area contributed by atoms with Crippen LogP contribution in [0.1, 0.15) is 0 Å². The fourth-order valence-electron chi connectivity index (χ4n) is 0.209. The Kier molecular flexibility index (Phi) is 0.894. The predicted octanol–water partition coefficient (Wildman–Crippen LogP) is -0.153. The standard InChI is InChI=1S/C2H5N3S/c3-6-1-4-5-2-6/h1-2,6H,3H2. The molecule has 0 aliphatic carbocycles. The SMILES string of the molecule is N[SH]1C=NN=C1. The van der Waals surface area contributed by atoms with Crippen LogP contribution in [0.3, 0.4) is 0 Å². The van der Waals surface area contributed by atoms with E-state index >= 15 is 0 Å². The summed E-state index contributed by atoms with van der Waals surface area (Å²) in [4.78, 5) is 0. The third-order valence-electron chi connectivity index (χ3n) is 0.437. The van der Waals surface area contributed by atoms with Gasteiger partial charge in [0, 0.05) is 0 Å². The van der Waals surface area contributed by atoms with Crippen LogP contribution in [0.2, 0.25) is 0 Å². The van der Waals surface area contributed by atoms with Gasteiger partial charge in [0.2, 0.25) is 0 Å². The number of hydrogen-bond acceptors (Lipinski definition) is 3. The molecular formula is C2H5N3S. The van der Waals surface area contributed by atoms with Crippen LogP contribution < -0.4 is 5.14 Å². The van der Waals surface area contributed by atoms with Crippen molar-refractivity contribution in [2.24, 2.45) is 15.3 Å². The summed E-state index contributed by atoms with van der Waals surface area (Å²) in [6.07, 6.45) is 0. The lowest BCUT2D eigenvalue weighted by atomic mass is 11.6. The highest BCUT2D eigenvalue weighted by Gasteiger charge is 1.87. The molecule has 0 bridgehead atoms. The second-order valence-corrected chi connectivity index (χ2v) is 2.27. The minimum Gasteiger partial charge on any atom is -0.288 e. The molecule has 0 unspecified atom stereocenters. The summed E-state index contributed by atoms with van der Waals surface area (Å²) in [7, 11) is 0. The first-order valence-corrected chi connectivity index (χ1v) is 3.04. The molecule has 0 spiro atoms. The van der Waals surface area contributed by atoms with Crippen molar-refractivity contribution in [2.45, 2.75) is 0 Å². The molecule has 0 amide bonds. The largest absolute Gasteiger partial charge is 0.288 e. The van der Waals surface area contributed by atoms with Crippen molar-refractivity contribution < 1.29 is 0 Å². The molecule has 0 saturated carbocycles. The van der Waals surface area contributed by atoms with Gasteiger partial charge in [-0.15, -0.1) is 11.1 Å². The molecule has 34 valence electrons. The van der Waals surface area contributed by atoms with E-state index in [-0.39, 0.29) is 0 Å². The monoisotopic (exact) mass is 103 g/mol. The van der Waals surface area contributed by atoms with Crippen molar-refractivity contribution >= 4 is 22.2 Å². The summed E-state index contributed by atoms with van der Waals surface area (Å²) in [6.45, 7) is 0. The van der Waals surface area contributed by atoms with Gasteiger partial charge in [-0.25, -0.2) is 0 Å². The summed E-state index contributed by atoms with van der Waals surface area (Å²) < 4.78 is 0. The molecular weight excluding hydrogens is 98.1 g/mol. The first kappa shape index (κ1) is 3.83. The zero-order chi connectivity index (χ0) is 4.41. The van der Waals surface area contributed by atoms with Crippen molar-refractivity contribution in [2.75, 3.05) is 0 Å². The van der Waals surface area contributed by atoms with Crippen LogP contribution in [0.4, 0.5) is 0 Å². The van der Waals surface area contributed by atoms with E-state index in [2.05, 4.69) is 10.2 Å². The van der Waals surface area contributed by atoms with Crippen LogP contribution in [0.5, 0.6) is 0 Å². The fraction of sp³-hybridized carbons (Fsp3) is 0. The first-order chi connectivity index (χ1) is 2.89. The van der Waals surface area contributed by atoms with Crippen molar-refractivity contribution in [3.05, 3.63) is 0 Å². The van der Waals surface area contributed by atoms with Gasteiger partial charge in [0.05, 0.1) is 11.1 Å². The Balaban J connectivity index is 2.60. The van der Waals surface area contributed by atoms with Crippen LogP contribution in [-0.2, 0) is 0 Å². The fourth-order valence-corrected chi connectivity index (χ4v) is 0.626. The maximum atomic E-state index is 5.30. The van der Waals surface area contributed by atoms with E-state index in [1.807, 2.05) is 0 Å². The number of nitrogens with zero attached hydrogens (tertiary/aromatic N) is 2. The van der Waals surface area contributed by atoms with Crippen molar-refractivity contribution in [1.29, 1.82) is 0 Å². The van der Waals surface area contributed by atoms with E-state index < -0.39 is 11.1 Å². The smallest absolute Gasteiger partial charge is 0.0798 e. The summed E-state index contributed by atoms with van der Waals surface area (Å²) in [5.74, 6) is 0. The Morgan fingerprint density at radius 1 is 1.33 bits per heavy atom. The molecule has 2 N–H and O–H groups in total.